The van der Waals surface area contributed by atoms with Crippen LogP contribution in [0.5, 0.6) is 0 Å². The summed E-state index contributed by atoms with van der Waals surface area (Å²) in [5.41, 5.74) is 2.03. The lowest BCUT2D eigenvalue weighted by molar-refractivity contribution is -0.134. The van der Waals surface area contributed by atoms with Crippen molar-refractivity contribution in [1.82, 2.24) is 0 Å². The first-order chi connectivity index (χ1) is 7.34. The van der Waals surface area contributed by atoms with Crippen LogP contribution in [0.3, 0.4) is 0 Å². The Morgan fingerprint density at radius 1 is 1.20 bits per heavy atom. The van der Waals surface area contributed by atoms with E-state index in [0.717, 1.165) is 11.1 Å². The van der Waals surface area contributed by atoms with Gasteiger partial charge in [-0.15, -0.1) is 0 Å². The van der Waals surface area contributed by atoms with Gasteiger partial charge in [-0.2, -0.15) is 0 Å². The van der Waals surface area contributed by atoms with Crippen LogP contribution in [0.2, 0.25) is 0 Å². The number of ether oxygens (including phenoxy) is 2. The standard InChI is InChI=1S/C12H12O3/c13-12-6-11(9-15-12)8-14-7-10-4-2-1-3-5-10/h1-6H,7-9H2. The summed E-state index contributed by atoms with van der Waals surface area (Å²) in [6.45, 7) is 1.39. The molecule has 0 aromatic heterocycles. The van der Waals surface area contributed by atoms with Crippen LogP contribution in [0.25, 0.3) is 0 Å². The second-order valence-electron chi connectivity index (χ2n) is 3.39. The lowest BCUT2D eigenvalue weighted by atomic mass is 10.2. The molecule has 0 radical (unpaired) electrons. The number of hydrogen-bond donors (Lipinski definition) is 0. The zero-order chi connectivity index (χ0) is 10.5. The lowest BCUT2D eigenvalue weighted by Gasteiger charge is -2.03. The molecule has 0 bridgehead atoms. The third-order valence-corrected chi connectivity index (χ3v) is 2.12. The van der Waals surface area contributed by atoms with E-state index < -0.39 is 0 Å². The first-order valence-corrected chi connectivity index (χ1v) is 4.82. The van der Waals surface area contributed by atoms with Crippen molar-refractivity contribution >= 4 is 5.97 Å². The Kier molecular flexibility index (Phi) is 3.15. The van der Waals surface area contributed by atoms with E-state index >= 15 is 0 Å². The average molecular weight is 204 g/mol. The zero-order valence-electron chi connectivity index (χ0n) is 8.31. The van der Waals surface area contributed by atoms with Crippen molar-refractivity contribution in [2.24, 2.45) is 0 Å². The fourth-order valence-electron chi connectivity index (χ4n) is 1.37. The Bertz CT molecular complexity index is 368. The molecule has 1 heterocycles. The van der Waals surface area contributed by atoms with Crippen LogP contribution in [0.1, 0.15) is 5.56 Å². The van der Waals surface area contributed by atoms with Gasteiger partial charge in [0.2, 0.25) is 0 Å². The van der Waals surface area contributed by atoms with E-state index in [2.05, 4.69) is 0 Å². The Morgan fingerprint density at radius 2 is 2.00 bits per heavy atom. The van der Waals surface area contributed by atoms with Crippen molar-refractivity contribution in [3.8, 4) is 0 Å². The van der Waals surface area contributed by atoms with Crippen molar-refractivity contribution in [3.05, 3.63) is 47.5 Å². The minimum atomic E-state index is -0.270. The van der Waals surface area contributed by atoms with Gasteiger partial charge in [0.15, 0.2) is 0 Å². The van der Waals surface area contributed by atoms with Crippen LogP contribution in [0.4, 0.5) is 0 Å². The summed E-state index contributed by atoms with van der Waals surface area (Å²) in [4.78, 5) is 10.7. The molecular formula is C12H12O3. The van der Waals surface area contributed by atoms with E-state index in [1.54, 1.807) is 0 Å². The molecule has 1 aromatic rings. The number of benzene rings is 1. The molecule has 0 amide bonds. The highest BCUT2D eigenvalue weighted by atomic mass is 16.5. The van der Waals surface area contributed by atoms with Crippen LogP contribution in [0.15, 0.2) is 42.0 Å². The second-order valence-corrected chi connectivity index (χ2v) is 3.39. The number of hydrogen-bond acceptors (Lipinski definition) is 3. The van der Waals surface area contributed by atoms with Crippen LogP contribution >= 0.6 is 0 Å². The average Bonchev–Trinajstić information content (AvgIpc) is 2.66. The molecule has 0 spiro atoms. The van der Waals surface area contributed by atoms with Crippen LogP contribution in [0, 0.1) is 0 Å². The molecule has 15 heavy (non-hydrogen) atoms. The van der Waals surface area contributed by atoms with Crippen LogP contribution < -0.4 is 0 Å². The molecule has 1 aliphatic heterocycles. The molecule has 3 nitrogen and oxygen atoms in total. The fraction of sp³-hybridized carbons (Fsp3) is 0.250. The van der Waals surface area contributed by atoms with Gasteiger partial charge in [0, 0.05) is 6.08 Å². The Morgan fingerprint density at radius 3 is 2.67 bits per heavy atom. The molecular weight excluding hydrogens is 192 g/mol. The topological polar surface area (TPSA) is 35.5 Å². The molecule has 0 aliphatic carbocycles. The van der Waals surface area contributed by atoms with E-state index in [1.807, 2.05) is 30.3 Å². The number of carbonyl (C=O) groups excluding carboxylic acids is 1. The molecule has 0 atom stereocenters. The third-order valence-electron chi connectivity index (χ3n) is 2.12. The minimum Gasteiger partial charge on any atom is -0.458 e. The van der Waals surface area contributed by atoms with Gasteiger partial charge in [0.25, 0.3) is 0 Å². The number of rotatable bonds is 4. The monoisotopic (exact) mass is 204 g/mol. The quantitative estimate of drug-likeness (QED) is 0.700. The smallest absolute Gasteiger partial charge is 0.331 e. The Hall–Kier alpha value is -1.61. The summed E-state index contributed by atoms with van der Waals surface area (Å²) in [7, 11) is 0. The summed E-state index contributed by atoms with van der Waals surface area (Å²) in [5, 5.41) is 0. The maximum atomic E-state index is 10.7. The number of carbonyl (C=O) groups is 1. The summed E-state index contributed by atoms with van der Waals surface area (Å²) in [6, 6.07) is 9.92. The van der Waals surface area contributed by atoms with Gasteiger partial charge in [0.05, 0.1) is 13.2 Å². The van der Waals surface area contributed by atoms with E-state index in [0.29, 0.717) is 19.8 Å². The van der Waals surface area contributed by atoms with Gasteiger partial charge in [0.1, 0.15) is 6.61 Å². The molecule has 0 N–H and O–H groups in total. The van der Waals surface area contributed by atoms with Gasteiger partial charge in [-0.05, 0) is 11.1 Å². The Labute approximate surface area is 88.3 Å². The molecule has 2 rings (SSSR count). The summed E-state index contributed by atoms with van der Waals surface area (Å²) in [5.74, 6) is -0.270. The van der Waals surface area contributed by atoms with Gasteiger partial charge >= 0.3 is 5.97 Å². The SMILES string of the molecule is O=C1C=C(COCc2ccccc2)CO1. The van der Waals surface area contributed by atoms with Crippen LogP contribution in [-0.4, -0.2) is 19.2 Å². The van der Waals surface area contributed by atoms with Gasteiger partial charge in [-0.25, -0.2) is 4.79 Å². The summed E-state index contributed by atoms with van der Waals surface area (Å²) < 4.78 is 10.2. The summed E-state index contributed by atoms with van der Waals surface area (Å²) in [6.07, 6.45) is 1.49. The highest BCUT2D eigenvalue weighted by Gasteiger charge is 2.12. The number of cyclic esters (lactones) is 1. The van der Waals surface area contributed by atoms with E-state index in [-0.39, 0.29) is 5.97 Å². The third kappa shape index (κ3) is 2.92. The molecule has 0 fully saturated rings. The molecule has 1 aromatic carbocycles. The van der Waals surface area contributed by atoms with E-state index in [1.165, 1.54) is 6.08 Å². The normalized spacial score (nSPS) is 14.9. The van der Waals surface area contributed by atoms with E-state index in [4.69, 9.17) is 9.47 Å². The van der Waals surface area contributed by atoms with Gasteiger partial charge in [-0.1, -0.05) is 30.3 Å². The highest BCUT2D eigenvalue weighted by molar-refractivity contribution is 5.85. The molecule has 0 saturated carbocycles. The zero-order valence-corrected chi connectivity index (χ0v) is 8.31. The molecule has 1 aliphatic rings. The highest BCUT2D eigenvalue weighted by Crippen LogP contribution is 2.08. The fourth-order valence-corrected chi connectivity index (χ4v) is 1.37. The van der Waals surface area contributed by atoms with Gasteiger partial charge in [-0.3, -0.25) is 0 Å². The molecule has 3 heteroatoms. The van der Waals surface area contributed by atoms with Crippen molar-refractivity contribution in [1.29, 1.82) is 0 Å². The number of esters is 1. The molecule has 0 unspecified atom stereocenters. The summed E-state index contributed by atoms with van der Waals surface area (Å²) >= 11 is 0. The minimum absolute atomic E-state index is 0.270. The second kappa shape index (κ2) is 4.75. The predicted molar refractivity (Wildman–Crippen MR) is 55.1 cm³/mol. The molecule has 78 valence electrons. The first kappa shape index (κ1) is 9.93. The van der Waals surface area contributed by atoms with Gasteiger partial charge < -0.3 is 9.47 Å². The van der Waals surface area contributed by atoms with Crippen molar-refractivity contribution < 1.29 is 14.3 Å². The Balaban J connectivity index is 1.76. The van der Waals surface area contributed by atoms with Crippen LogP contribution in [-0.2, 0) is 20.9 Å². The maximum absolute atomic E-state index is 10.7. The lowest BCUT2D eigenvalue weighted by Crippen LogP contribution is -2.00. The predicted octanol–water partition coefficient (Wildman–Crippen LogP) is 1.69. The first-order valence-electron chi connectivity index (χ1n) is 4.82. The maximum Gasteiger partial charge on any atom is 0.331 e. The largest absolute Gasteiger partial charge is 0.458 e. The molecule has 0 saturated heterocycles. The van der Waals surface area contributed by atoms with Crippen molar-refractivity contribution in [2.45, 2.75) is 6.61 Å². The van der Waals surface area contributed by atoms with Crippen molar-refractivity contribution in [3.63, 3.8) is 0 Å². The van der Waals surface area contributed by atoms with E-state index in [9.17, 15) is 4.79 Å². The van der Waals surface area contributed by atoms with Crippen molar-refractivity contribution in [2.75, 3.05) is 13.2 Å².